The van der Waals surface area contributed by atoms with Gasteiger partial charge in [0.1, 0.15) is 12.1 Å². The second-order valence-electron chi connectivity index (χ2n) is 9.95. The van der Waals surface area contributed by atoms with Crippen molar-refractivity contribution in [1.29, 1.82) is 0 Å². The highest BCUT2D eigenvalue weighted by Gasteiger charge is 2.28. The van der Waals surface area contributed by atoms with Crippen molar-refractivity contribution in [2.24, 2.45) is 31.5 Å². The number of hydrogen-bond acceptors (Lipinski definition) is 9. The van der Waals surface area contributed by atoms with Crippen LogP contribution in [0, 0.1) is 9.81 Å². The summed E-state index contributed by atoms with van der Waals surface area (Å²) >= 11 is 0. The van der Waals surface area contributed by atoms with Gasteiger partial charge in [0.25, 0.3) is 5.91 Å². The number of amidine groups is 1. The van der Waals surface area contributed by atoms with Gasteiger partial charge in [-0.05, 0) is 55.2 Å². The summed E-state index contributed by atoms with van der Waals surface area (Å²) in [6.07, 6.45) is 3.22. The standard InChI is InChI=1S/C28H32N8O4/c1-3-11-35(16-18(2)32-39)28(38)23-13-22-9-8-21(14-25(22)30-26(15-23)31-34-29)19-4-6-20(7-5-19)27(37)36-12-10-24(17-36)33-40/h4-9,13-14,18,24H,3,10-12,15-17H2,1-2H3,(H2,29,30,31). The Bertz CT molecular complexity index is 1370. The molecule has 0 spiro atoms. The van der Waals surface area contributed by atoms with Crippen LogP contribution < -0.4 is 5.84 Å². The third-order valence-corrected chi connectivity index (χ3v) is 6.92. The SMILES string of the molecule is CCCN(CC(C)N=O)C(=O)C1=Cc2ccc(-c3ccc(C(=O)N4CCC(N=O)C4)cc3)cc2N=C(N=NN)C1. The molecule has 2 aliphatic rings. The number of amides is 2. The van der Waals surface area contributed by atoms with Crippen LogP contribution in [-0.4, -0.2) is 65.7 Å². The van der Waals surface area contributed by atoms with Crippen LogP contribution in [0.5, 0.6) is 0 Å². The number of likely N-dealkylation sites (tertiary alicyclic amines) is 1. The zero-order chi connectivity index (χ0) is 28.6. The van der Waals surface area contributed by atoms with Crippen LogP contribution in [0.15, 0.2) is 73.7 Å². The first-order valence-corrected chi connectivity index (χ1v) is 13.2. The largest absolute Gasteiger partial charge is 0.337 e. The molecule has 2 amide bonds. The molecular formula is C28H32N8O4. The predicted molar refractivity (Wildman–Crippen MR) is 153 cm³/mol. The van der Waals surface area contributed by atoms with Gasteiger partial charge >= 0.3 is 0 Å². The molecule has 0 radical (unpaired) electrons. The van der Waals surface area contributed by atoms with E-state index >= 15 is 0 Å². The summed E-state index contributed by atoms with van der Waals surface area (Å²) in [4.78, 5) is 56.0. The van der Waals surface area contributed by atoms with Gasteiger partial charge in [0.2, 0.25) is 5.91 Å². The molecule has 1 fully saturated rings. The fourth-order valence-electron chi connectivity index (χ4n) is 4.89. The van der Waals surface area contributed by atoms with E-state index in [0.717, 1.165) is 23.1 Å². The maximum atomic E-state index is 13.5. The number of aliphatic imine (C=N–C) groups is 1. The molecule has 4 rings (SSSR count). The highest BCUT2D eigenvalue weighted by molar-refractivity contribution is 6.06. The molecule has 2 atom stereocenters. The zero-order valence-corrected chi connectivity index (χ0v) is 22.6. The molecule has 2 unspecified atom stereocenters. The zero-order valence-electron chi connectivity index (χ0n) is 22.6. The van der Waals surface area contributed by atoms with E-state index in [1.807, 2.05) is 37.3 Å². The Morgan fingerprint density at radius 2 is 1.90 bits per heavy atom. The monoisotopic (exact) mass is 544 g/mol. The number of benzene rings is 2. The van der Waals surface area contributed by atoms with Crippen molar-refractivity contribution >= 4 is 29.4 Å². The van der Waals surface area contributed by atoms with Crippen LogP contribution >= 0.6 is 0 Å². The molecule has 2 aliphatic heterocycles. The second-order valence-corrected chi connectivity index (χ2v) is 9.95. The molecule has 2 heterocycles. The average Bonchev–Trinajstić information content (AvgIpc) is 3.38. The number of hydrogen-bond donors (Lipinski definition) is 1. The number of fused-ring (bicyclic) bond motifs is 1. The van der Waals surface area contributed by atoms with Gasteiger partial charge in [0.05, 0.1) is 5.69 Å². The Morgan fingerprint density at radius 3 is 2.55 bits per heavy atom. The van der Waals surface area contributed by atoms with Crippen LogP contribution in [0.2, 0.25) is 0 Å². The first kappa shape index (κ1) is 28.4. The van der Waals surface area contributed by atoms with Gasteiger partial charge in [-0.1, -0.05) is 46.8 Å². The third kappa shape index (κ3) is 6.50. The predicted octanol–water partition coefficient (Wildman–Crippen LogP) is 4.87. The van der Waals surface area contributed by atoms with Crippen molar-refractivity contribution in [3.8, 4) is 11.1 Å². The van der Waals surface area contributed by atoms with E-state index < -0.39 is 6.04 Å². The van der Waals surface area contributed by atoms with Crippen molar-refractivity contribution in [2.45, 2.75) is 45.2 Å². The van der Waals surface area contributed by atoms with E-state index in [0.29, 0.717) is 42.9 Å². The van der Waals surface area contributed by atoms with Gasteiger partial charge in [-0.3, -0.25) is 9.59 Å². The Balaban J connectivity index is 1.61. The lowest BCUT2D eigenvalue weighted by atomic mass is 9.99. The van der Waals surface area contributed by atoms with Gasteiger partial charge in [-0.25, -0.2) is 4.99 Å². The van der Waals surface area contributed by atoms with Gasteiger partial charge in [0, 0.05) is 49.3 Å². The van der Waals surface area contributed by atoms with Crippen molar-refractivity contribution in [3.63, 3.8) is 0 Å². The normalized spacial score (nSPS) is 17.4. The minimum atomic E-state index is -0.532. The number of carbonyl (C=O) groups is 2. The van der Waals surface area contributed by atoms with Crippen LogP contribution in [0.1, 0.15) is 49.0 Å². The molecule has 2 aromatic carbocycles. The maximum absolute atomic E-state index is 13.5. The van der Waals surface area contributed by atoms with Crippen molar-refractivity contribution in [1.82, 2.24) is 9.80 Å². The molecule has 208 valence electrons. The number of nitrogens with two attached hydrogens (primary N) is 1. The van der Waals surface area contributed by atoms with E-state index in [-0.39, 0.29) is 36.7 Å². The molecule has 0 bridgehead atoms. The molecule has 40 heavy (non-hydrogen) atoms. The Labute approximate surface area is 232 Å². The molecule has 1 saturated heterocycles. The lowest BCUT2D eigenvalue weighted by molar-refractivity contribution is -0.127. The molecule has 12 nitrogen and oxygen atoms in total. The highest BCUT2D eigenvalue weighted by Crippen LogP contribution is 2.33. The fourth-order valence-corrected chi connectivity index (χ4v) is 4.89. The number of carbonyl (C=O) groups excluding carboxylic acids is 2. The molecule has 2 N–H and O–H groups in total. The van der Waals surface area contributed by atoms with Gasteiger partial charge < -0.3 is 15.6 Å². The van der Waals surface area contributed by atoms with Crippen LogP contribution in [0.4, 0.5) is 5.69 Å². The summed E-state index contributed by atoms with van der Waals surface area (Å²) < 4.78 is 0. The van der Waals surface area contributed by atoms with Gasteiger partial charge in [0.15, 0.2) is 5.84 Å². The molecule has 0 aromatic heterocycles. The quantitative estimate of drug-likeness (QED) is 0.206. The fraction of sp³-hybridized carbons (Fsp3) is 0.393. The second kappa shape index (κ2) is 13.0. The van der Waals surface area contributed by atoms with Crippen LogP contribution in [0.25, 0.3) is 17.2 Å². The van der Waals surface area contributed by atoms with E-state index in [9.17, 15) is 19.4 Å². The Kier molecular flexibility index (Phi) is 9.20. The highest BCUT2D eigenvalue weighted by atomic mass is 16.3. The van der Waals surface area contributed by atoms with Crippen molar-refractivity contribution in [3.05, 3.63) is 69.0 Å². The van der Waals surface area contributed by atoms with Gasteiger partial charge in [-0.2, -0.15) is 9.81 Å². The smallest absolute Gasteiger partial charge is 0.253 e. The van der Waals surface area contributed by atoms with E-state index in [4.69, 9.17) is 5.84 Å². The van der Waals surface area contributed by atoms with E-state index in [1.165, 1.54) is 0 Å². The van der Waals surface area contributed by atoms with Gasteiger partial charge in [-0.15, -0.1) is 5.11 Å². The molecule has 12 heteroatoms. The summed E-state index contributed by atoms with van der Waals surface area (Å²) in [6.45, 7) is 5.20. The van der Waals surface area contributed by atoms with Crippen LogP contribution in [0.3, 0.4) is 0 Å². The summed E-state index contributed by atoms with van der Waals surface area (Å²) in [7, 11) is 0. The Hall–Kier alpha value is -4.61. The van der Waals surface area contributed by atoms with Crippen LogP contribution in [-0.2, 0) is 4.79 Å². The minimum absolute atomic E-state index is 0.125. The lowest BCUT2D eigenvalue weighted by Gasteiger charge is -2.24. The topological polar surface area (TPSA) is 163 Å². The summed E-state index contributed by atoms with van der Waals surface area (Å²) in [5.41, 5.74) is 4.05. The molecule has 0 saturated carbocycles. The first-order valence-electron chi connectivity index (χ1n) is 13.2. The summed E-state index contributed by atoms with van der Waals surface area (Å²) in [5.74, 6) is 5.26. The molecule has 2 aromatic rings. The van der Waals surface area contributed by atoms with Crippen molar-refractivity contribution < 1.29 is 9.59 Å². The number of nitrogens with zero attached hydrogens (tertiary/aromatic N) is 7. The summed E-state index contributed by atoms with van der Waals surface area (Å²) in [6, 6.07) is 12.0. The number of nitroso groups, excluding NO2 is 2. The maximum Gasteiger partial charge on any atom is 0.253 e. The molecular weight excluding hydrogens is 512 g/mol. The lowest BCUT2D eigenvalue weighted by Crippen LogP contribution is -2.37. The number of rotatable bonds is 9. The Morgan fingerprint density at radius 1 is 1.15 bits per heavy atom. The average molecular weight is 545 g/mol. The first-order chi connectivity index (χ1) is 19.4. The third-order valence-electron chi connectivity index (χ3n) is 6.92. The van der Waals surface area contributed by atoms with Crippen molar-refractivity contribution in [2.75, 3.05) is 26.2 Å². The minimum Gasteiger partial charge on any atom is -0.337 e. The molecule has 0 aliphatic carbocycles. The van der Waals surface area contributed by atoms with E-state index in [1.54, 1.807) is 34.9 Å². The summed E-state index contributed by atoms with van der Waals surface area (Å²) in [5, 5.41) is 13.4. The van der Waals surface area contributed by atoms with E-state index in [2.05, 4.69) is 25.7 Å².